The van der Waals surface area contributed by atoms with Crippen molar-refractivity contribution in [3.8, 4) is 23.0 Å². The zero-order valence-electron chi connectivity index (χ0n) is 31.0. The first-order valence-electron chi connectivity index (χ1n) is 18.9. The number of aromatic nitrogens is 1. The van der Waals surface area contributed by atoms with E-state index in [2.05, 4.69) is 87.3 Å². The summed E-state index contributed by atoms with van der Waals surface area (Å²) in [5, 5.41) is 0.522. The Balaban J connectivity index is 1.62. The molecule has 1 aliphatic carbocycles. The van der Waals surface area contributed by atoms with Crippen LogP contribution < -0.4 is 18.9 Å². The Morgan fingerprint density at radius 3 is 1.15 bits per heavy atom. The summed E-state index contributed by atoms with van der Waals surface area (Å²) < 4.78 is 40.7. The highest BCUT2D eigenvalue weighted by atomic mass is 32.2. The van der Waals surface area contributed by atoms with Gasteiger partial charge in [-0.1, -0.05) is 88.4 Å². The van der Waals surface area contributed by atoms with Gasteiger partial charge in [-0.15, -0.1) is 0 Å². The molecule has 6 rings (SSSR count). The molecule has 0 N–H and O–H groups in total. The number of para-hydroxylation sites is 3. The van der Waals surface area contributed by atoms with Gasteiger partial charge in [0.05, 0.1) is 26.4 Å². The van der Waals surface area contributed by atoms with Crippen LogP contribution in [0.15, 0.2) is 101 Å². The lowest BCUT2D eigenvalue weighted by atomic mass is 9.91. The topological polar surface area (TPSA) is 66.9 Å². The van der Waals surface area contributed by atoms with Gasteiger partial charge in [-0.3, -0.25) is 0 Å². The second-order valence-electron chi connectivity index (χ2n) is 13.3. The van der Waals surface area contributed by atoms with Crippen molar-refractivity contribution < 1.29 is 23.2 Å². The Morgan fingerprint density at radius 1 is 0.481 bits per heavy atom. The number of hydrogen-bond donors (Lipinski definition) is 0. The fourth-order valence-corrected chi connectivity index (χ4v) is 7.90. The molecule has 272 valence electrons. The van der Waals surface area contributed by atoms with E-state index in [1.807, 2.05) is 30.3 Å². The summed E-state index contributed by atoms with van der Waals surface area (Å²) in [5.74, 6) is 3.55. The first-order valence-corrected chi connectivity index (χ1v) is 20.0. The third kappa shape index (κ3) is 8.70. The lowest BCUT2D eigenvalue weighted by molar-refractivity contribution is 0.304. The number of hydrogen-bond acceptors (Lipinski definition) is 6. The highest BCUT2D eigenvalue weighted by Gasteiger charge is 2.23. The summed E-state index contributed by atoms with van der Waals surface area (Å²) in [5.41, 5.74) is 8.54. The van der Waals surface area contributed by atoms with Gasteiger partial charge >= 0.3 is 0 Å². The van der Waals surface area contributed by atoms with Crippen LogP contribution in [0, 0.1) is 0 Å². The van der Waals surface area contributed by atoms with Gasteiger partial charge in [0.15, 0.2) is 0 Å². The molecule has 0 saturated carbocycles. The molecule has 0 fully saturated rings. The van der Waals surface area contributed by atoms with Crippen molar-refractivity contribution in [2.24, 2.45) is 0 Å². The monoisotopic (exact) mass is 717 g/mol. The van der Waals surface area contributed by atoms with Crippen molar-refractivity contribution in [1.29, 1.82) is 0 Å². The molecule has 0 aliphatic heterocycles. The molecule has 5 aromatic rings. The minimum absolute atomic E-state index is 0.522. The first kappa shape index (κ1) is 37.1. The molecule has 1 aliphatic rings. The van der Waals surface area contributed by atoms with Crippen molar-refractivity contribution in [3.63, 3.8) is 0 Å². The quantitative estimate of drug-likeness (QED) is 0.112. The van der Waals surface area contributed by atoms with E-state index < -0.39 is 10.8 Å². The molecule has 7 heteroatoms. The summed E-state index contributed by atoms with van der Waals surface area (Å²) in [4.78, 5) is 5.16. The summed E-state index contributed by atoms with van der Waals surface area (Å²) >= 11 is 0. The molecule has 4 aromatic carbocycles. The van der Waals surface area contributed by atoms with Gasteiger partial charge in [0.1, 0.15) is 38.8 Å². The van der Waals surface area contributed by atoms with E-state index in [-0.39, 0.29) is 0 Å². The first-order chi connectivity index (χ1) is 25.5. The van der Waals surface area contributed by atoms with E-state index in [0.717, 1.165) is 93.2 Å². The van der Waals surface area contributed by atoms with E-state index in [1.165, 1.54) is 0 Å². The van der Waals surface area contributed by atoms with E-state index >= 15 is 0 Å². The van der Waals surface area contributed by atoms with E-state index in [4.69, 9.17) is 18.9 Å². The van der Waals surface area contributed by atoms with Crippen LogP contribution in [0.4, 0.5) is 0 Å². The van der Waals surface area contributed by atoms with Gasteiger partial charge in [-0.2, -0.15) is 0 Å². The zero-order chi connectivity index (χ0) is 36.3. The van der Waals surface area contributed by atoms with Gasteiger partial charge < -0.3 is 18.9 Å². The standard InChI is InChI=1S/C45H51NO5S/c1-5-22-48-42-32-14-11-15-33(42)27-35-17-13-19-37(44(35)50-24-7-3)29-39-31-40(52(47)41-20-9-10-21-46-41)30-38(45(39)51-25-8-4)28-36-18-12-16-34(26-32)43(36)49-23-6-2/h9-21,30-31H,5-8,22-29H2,1-4H3. The third-order valence-corrected chi connectivity index (χ3v) is 10.4. The predicted molar refractivity (Wildman–Crippen MR) is 209 cm³/mol. The number of nitrogens with zero attached hydrogens (tertiary/aromatic N) is 1. The molecule has 1 atom stereocenters. The highest BCUT2D eigenvalue weighted by molar-refractivity contribution is 7.85. The van der Waals surface area contributed by atoms with Gasteiger partial charge in [-0.25, -0.2) is 9.19 Å². The normalized spacial score (nSPS) is 12.9. The van der Waals surface area contributed by atoms with Crippen molar-refractivity contribution in [2.75, 3.05) is 26.4 Å². The number of pyridine rings is 1. The van der Waals surface area contributed by atoms with Crippen LogP contribution in [0.1, 0.15) is 97.9 Å². The fraction of sp³-hybridized carbons (Fsp3) is 0.356. The Kier molecular flexibility index (Phi) is 13.0. The van der Waals surface area contributed by atoms with Crippen LogP contribution in [0.2, 0.25) is 0 Å². The number of rotatable bonds is 14. The third-order valence-electron chi connectivity index (χ3n) is 9.12. The Bertz CT molecular complexity index is 1870. The van der Waals surface area contributed by atoms with Gasteiger partial charge in [0, 0.05) is 47.9 Å². The van der Waals surface area contributed by atoms with Crippen LogP contribution in [-0.4, -0.2) is 35.6 Å². The van der Waals surface area contributed by atoms with Crippen molar-refractivity contribution in [2.45, 2.75) is 89.0 Å². The number of ether oxygens (including phenoxy) is 4. The van der Waals surface area contributed by atoms with E-state index in [1.54, 1.807) is 6.20 Å². The largest absolute Gasteiger partial charge is 0.493 e. The zero-order valence-corrected chi connectivity index (χ0v) is 31.9. The van der Waals surface area contributed by atoms with Crippen molar-refractivity contribution >= 4 is 10.8 Å². The molecule has 1 heterocycles. The second kappa shape index (κ2) is 18.2. The van der Waals surface area contributed by atoms with Gasteiger partial charge in [0.2, 0.25) is 0 Å². The minimum atomic E-state index is -1.50. The van der Waals surface area contributed by atoms with Crippen LogP contribution in [0.25, 0.3) is 0 Å². The second-order valence-corrected chi connectivity index (χ2v) is 14.8. The van der Waals surface area contributed by atoms with E-state index in [0.29, 0.717) is 62.0 Å². The van der Waals surface area contributed by atoms with Crippen LogP contribution >= 0.6 is 0 Å². The summed E-state index contributed by atoms with van der Waals surface area (Å²) in [6.45, 7) is 10.9. The van der Waals surface area contributed by atoms with Crippen LogP contribution in [-0.2, 0) is 36.5 Å². The molecule has 6 nitrogen and oxygen atoms in total. The van der Waals surface area contributed by atoms with Crippen molar-refractivity contribution in [1.82, 2.24) is 4.98 Å². The minimum Gasteiger partial charge on any atom is -0.493 e. The molecule has 0 amide bonds. The lowest BCUT2D eigenvalue weighted by Crippen LogP contribution is -2.10. The van der Waals surface area contributed by atoms with Gasteiger partial charge in [-0.05, 0) is 83.3 Å². The molecule has 8 bridgehead atoms. The SMILES string of the molecule is CCCOc1c2cccc1Cc1cccc(c1OCCC)Cc1cc(S(=O)c3ccccn3)cc(c1OCCC)Cc1cccc(c1OCCC)C2. The summed E-state index contributed by atoms with van der Waals surface area (Å²) in [6.07, 6.45) is 7.67. The van der Waals surface area contributed by atoms with E-state index in [9.17, 15) is 4.21 Å². The molecule has 52 heavy (non-hydrogen) atoms. The smallest absolute Gasteiger partial charge is 0.132 e. The lowest BCUT2D eigenvalue weighted by Gasteiger charge is -2.23. The summed E-state index contributed by atoms with van der Waals surface area (Å²) in [6, 6.07) is 29.0. The summed E-state index contributed by atoms with van der Waals surface area (Å²) in [7, 11) is -1.50. The van der Waals surface area contributed by atoms with Crippen LogP contribution in [0.5, 0.6) is 23.0 Å². The Hall–Kier alpha value is -4.62. The molecular formula is C45H51NO5S. The Labute approximate surface area is 312 Å². The molecule has 0 saturated heterocycles. The maximum absolute atomic E-state index is 14.2. The highest BCUT2D eigenvalue weighted by Crippen LogP contribution is 2.40. The van der Waals surface area contributed by atoms with Crippen molar-refractivity contribution in [3.05, 3.63) is 136 Å². The fourth-order valence-electron chi connectivity index (χ4n) is 6.80. The van der Waals surface area contributed by atoms with Crippen LogP contribution in [0.3, 0.4) is 0 Å². The molecule has 1 unspecified atom stereocenters. The number of fused-ring (bicyclic) bond motifs is 8. The molecule has 0 radical (unpaired) electrons. The molecular weight excluding hydrogens is 667 g/mol. The predicted octanol–water partition coefficient (Wildman–Crippen LogP) is 10.1. The van der Waals surface area contributed by atoms with Gasteiger partial charge in [0.25, 0.3) is 0 Å². The number of benzene rings is 4. The maximum Gasteiger partial charge on any atom is 0.132 e. The average molecular weight is 718 g/mol. The molecule has 0 spiro atoms. The molecule has 1 aromatic heterocycles. The maximum atomic E-state index is 14.2. The average Bonchev–Trinajstić information content (AvgIpc) is 3.16. The Morgan fingerprint density at radius 2 is 0.827 bits per heavy atom.